The van der Waals surface area contributed by atoms with Crippen LogP contribution in [-0.4, -0.2) is 5.78 Å². The van der Waals surface area contributed by atoms with Crippen LogP contribution in [0.1, 0.15) is 21.5 Å². The molecule has 0 N–H and O–H groups in total. The molecule has 22 heavy (non-hydrogen) atoms. The summed E-state index contributed by atoms with van der Waals surface area (Å²) in [5.74, 6) is 0.0468. The Morgan fingerprint density at radius 1 is 0.955 bits per heavy atom. The number of carbonyl (C=O) groups is 1. The van der Waals surface area contributed by atoms with Crippen molar-refractivity contribution in [1.29, 1.82) is 0 Å². The van der Waals surface area contributed by atoms with E-state index in [2.05, 4.69) is 0 Å². The van der Waals surface area contributed by atoms with E-state index >= 15 is 0 Å². The molecule has 1 nitrogen and oxygen atoms in total. The number of rotatable bonds is 3. The van der Waals surface area contributed by atoms with Gasteiger partial charge < -0.3 is 35.1 Å². The summed E-state index contributed by atoms with van der Waals surface area (Å²) in [6.45, 7) is 2.04. The van der Waals surface area contributed by atoms with E-state index < -0.39 is 0 Å². The molecule has 0 atom stereocenters. The number of carbonyl (C=O) groups excluding carboxylic acids is 1. The summed E-state index contributed by atoms with van der Waals surface area (Å²) in [4.78, 5) is 11.7. The first-order chi connectivity index (χ1) is 10.3. The van der Waals surface area contributed by atoms with Crippen molar-refractivity contribution in [1.82, 2.24) is 0 Å². The fraction of sp³-hybridized carbons (Fsp3) is 0.0500. The molecule has 3 rings (SSSR count). The monoisotopic (exact) mass is 330 g/mol. The van der Waals surface area contributed by atoms with Crippen LogP contribution in [0.25, 0.3) is 6.08 Å². The Balaban J connectivity index is 0.000000344. The zero-order chi connectivity index (χ0) is 14.9. The van der Waals surface area contributed by atoms with E-state index in [0.29, 0.717) is 0 Å². The van der Waals surface area contributed by atoms with Gasteiger partial charge in [-0.2, -0.15) is 12.1 Å². The minimum atomic E-state index is 0. The summed E-state index contributed by atoms with van der Waals surface area (Å²) < 4.78 is 0. The van der Waals surface area contributed by atoms with Crippen molar-refractivity contribution in [3.8, 4) is 0 Å². The van der Waals surface area contributed by atoms with Gasteiger partial charge in [0.2, 0.25) is 0 Å². The molecule has 0 amide bonds. The fourth-order valence-corrected chi connectivity index (χ4v) is 1.80. The topological polar surface area (TPSA) is 17.1 Å². The van der Waals surface area contributed by atoms with Gasteiger partial charge in [0.15, 0.2) is 0 Å². The molecule has 2 heteroatoms. The zero-order valence-electron chi connectivity index (χ0n) is 12.4. The first kappa shape index (κ1) is 17.9. The van der Waals surface area contributed by atoms with Gasteiger partial charge in [-0.3, -0.25) is 0 Å². The number of hydrogen-bond acceptors (Lipinski definition) is 1. The molecule has 0 aliphatic carbocycles. The molecule has 0 saturated heterocycles. The van der Waals surface area contributed by atoms with E-state index in [1.54, 1.807) is 6.08 Å². The van der Waals surface area contributed by atoms with Crippen LogP contribution in [0, 0.1) is 6.92 Å². The van der Waals surface area contributed by atoms with Crippen LogP contribution in [0.4, 0.5) is 0 Å². The van der Waals surface area contributed by atoms with Crippen LogP contribution in [0.2, 0.25) is 0 Å². The van der Waals surface area contributed by atoms with Crippen LogP contribution in [-0.2, 0) is 17.1 Å². The smallest absolute Gasteiger partial charge is 0.105 e. The average molecular weight is 330 g/mol. The number of allylic oxidation sites excluding steroid dienone is 1. The average Bonchev–Trinajstić information content (AvgIpc) is 3.21. The molecule has 0 fully saturated rings. The number of hydrogen-bond donors (Lipinski definition) is 0. The summed E-state index contributed by atoms with van der Waals surface area (Å²) in [5.41, 5.74) is 3.01. The maximum atomic E-state index is 11.7. The molecule has 0 unspecified atom stereocenters. The Kier molecular flexibility index (Phi) is 7.91. The minimum absolute atomic E-state index is 0. The Morgan fingerprint density at radius 2 is 1.45 bits per heavy atom. The first-order valence-corrected chi connectivity index (χ1v) is 6.93. The maximum Gasteiger partial charge on any atom is 0.105 e. The van der Waals surface area contributed by atoms with Gasteiger partial charge in [-0.1, -0.05) is 47.5 Å². The minimum Gasteiger partial charge on any atom is -0.748 e. The maximum absolute atomic E-state index is 11.7. The molecule has 0 aliphatic heterocycles. The molecule has 0 bridgehead atoms. The van der Waals surface area contributed by atoms with E-state index in [1.807, 2.05) is 91.9 Å². The van der Waals surface area contributed by atoms with E-state index in [-0.39, 0.29) is 22.9 Å². The van der Waals surface area contributed by atoms with Gasteiger partial charge in [0.05, 0.1) is 0 Å². The van der Waals surface area contributed by atoms with Crippen LogP contribution in [0.5, 0.6) is 0 Å². The molecule has 0 aromatic heterocycles. The van der Waals surface area contributed by atoms with Gasteiger partial charge in [-0.25, -0.2) is 0 Å². The van der Waals surface area contributed by atoms with Gasteiger partial charge in [0.1, 0.15) is 5.78 Å². The van der Waals surface area contributed by atoms with Gasteiger partial charge in [-0.15, -0.1) is 12.1 Å². The molecule has 3 aromatic carbocycles. The third-order valence-corrected chi connectivity index (χ3v) is 3.01. The molecule has 118 valence electrons. The first-order valence-electron chi connectivity index (χ1n) is 6.93. The molecule has 0 radical (unpaired) electrons. The van der Waals surface area contributed by atoms with Crippen LogP contribution in [0.3, 0.4) is 0 Å². The number of benzene rings is 1. The molecule has 0 aliphatic rings. The number of ketones is 1. The molecular formula is C20H18FeO-6. The van der Waals surface area contributed by atoms with Gasteiger partial charge in [-0.05, 0) is 12.5 Å². The Bertz CT molecular complexity index is 642. The van der Waals surface area contributed by atoms with E-state index in [4.69, 9.17) is 0 Å². The largest absolute Gasteiger partial charge is 0.748 e. The van der Waals surface area contributed by atoms with Crippen LogP contribution in [0.15, 0.2) is 84.9 Å². The zero-order valence-corrected chi connectivity index (χ0v) is 13.5. The van der Waals surface area contributed by atoms with Crippen molar-refractivity contribution >= 4 is 11.9 Å². The van der Waals surface area contributed by atoms with Crippen molar-refractivity contribution < 1.29 is 21.9 Å². The Morgan fingerprint density at radius 3 is 1.95 bits per heavy atom. The molecule has 0 heterocycles. The molecular weight excluding hydrogens is 312 g/mol. The van der Waals surface area contributed by atoms with Crippen molar-refractivity contribution in [3.05, 3.63) is 102 Å². The summed E-state index contributed by atoms with van der Waals surface area (Å²) in [6, 6.07) is 25.5. The van der Waals surface area contributed by atoms with Crippen molar-refractivity contribution in [2.45, 2.75) is 6.92 Å². The van der Waals surface area contributed by atoms with Gasteiger partial charge >= 0.3 is 0 Å². The third kappa shape index (κ3) is 6.09. The predicted molar refractivity (Wildman–Crippen MR) is 88.6 cm³/mol. The second-order valence-electron chi connectivity index (χ2n) is 4.74. The third-order valence-electron chi connectivity index (χ3n) is 3.01. The molecule has 0 saturated carbocycles. The van der Waals surface area contributed by atoms with Crippen molar-refractivity contribution in [3.63, 3.8) is 0 Å². The fourth-order valence-electron chi connectivity index (χ4n) is 1.80. The second-order valence-corrected chi connectivity index (χ2v) is 4.74. The normalized spacial score (nSPS) is 9.68. The van der Waals surface area contributed by atoms with Crippen molar-refractivity contribution in [2.24, 2.45) is 0 Å². The summed E-state index contributed by atoms with van der Waals surface area (Å²) >= 11 is 0. The van der Waals surface area contributed by atoms with Crippen LogP contribution < -0.4 is 0 Å². The summed E-state index contributed by atoms with van der Waals surface area (Å²) in [7, 11) is 0. The molecule has 3 aromatic rings. The van der Waals surface area contributed by atoms with Gasteiger partial charge in [0.25, 0.3) is 0 Å². The SMILES string of the molecule is Cc1ccc(C=CC(=O)[c-]2cccc2)cc1.[Fe].[cH-]1[cH-][cH-][cH-][cH-]1. The number of aryl methyl sites for hydroxylation is 1. The standard InChI is InChI=1S/C15H13O.C5H5.Fe/c1-12-6-8-13(9-7-12)10-11-15(16)14-4-2-3-5-14;1-2-4-5-3-1;/h2-11H,1H3;1-5H;/q-1;-5;. The van der Waals surface area contributed by atoms with Gasteiger partial charge in [0, 0.05) is 17.1 Å². The summed E-state index contributed by atoms with van der Waals surface area (Å²) in [6.07, 6.45) is 3.45. The molecule has 0 spiro atoms. The summed E-state index contributed by atoms with van der Waals surface area (Å²) in [5, 5.41) is 0. The Hall–Kier alpha value is -2.15. The van der Waals surface area contributed by atoms with Crippen molar-refractivity contribution in [2.75, 3.05) is 0 Å². The quantitative estimate of drug-likeness (QED) is 0.285. The predicted octanol–water partition coefficient (Wildman–Crippen LogP) is 5.01. The van der Waals surface area contributed by atoms with E-state index in [9.17, 15) is 4.79 Å². The van der Waals surface area contributed by atoms with Crippen LogP contribution >= 0.6 is 0 Å². The van der Waals surface area contributed by atoms with E-state index in [1.165, 1.54) is 5.56 Å². The Labute approximate surface area is 142 Å². The second kappa shape index (κ2) is 9.73. The van der Waals surface area contributed by atoms with E-state index in [0.717, 1.165) is 11.1 Å².